The van der Waals surface area contributed by atoms with Gasteiger partial charge < -0.3 is 25.0 Å². The summed E-state index contributed by atoms with van der Waals surface area (Å²) in [5.74, 6) is 0.254. The number of carbonyl (C=O) groups excluding carboxylic acids is 3. The number of para-hydroxylation sites is 2. The van der Waals surface area contributed by atoms with Gasteiger partial charge in [-0.2, -0.15) is 0 Å². The molecule has 0 fully saturated rings. The van der Waals surface area contributed by atoms with Gasteiger partial charge in [-0.1, -0.05) is 50.2 Å². The van der Waals surface area contributed by atoms with Crippen molar-refractivity contribution in [3.05, 3.63) is 101 Å². The quantitative estimate of drug-likeness (QED) is 0.349. The Kier molecular flexibility index (Phi) is 8.34. The standard InChI is InChI=1S/C34H37N3O5/c1-34(2)19-27-31(29(38)20-34)32(23-11-13-24(14-12-23)33(40)42-4)37(28-8-6-5-7-26(28)36-27)21-30(39)35-18-17-22-9-15-25(41-3)16-10-22/h5-16,32,36H,17-21H2,1-4H3,(H,35,39). The van der Waals surface area contributed by atoms with Gasteiger partial charge in [-0.3, -0.25) is 9.59 Å². The van der Waals surface area contributed by atoms with Gasteiger partial charge in [-0.25, -0.2) is 4.79 Å². The van der Waals surface area contributed by atoms with Crippen molar-refractivity contribution in [1.29, 1.82) is 0 Å². The highest BCUT2D eigenvalue weighted by Crippen LogP contribution is 2.48. The summed E-state index contributed by atoms with van der Waals surface area (Å²) in [4.78, 5) is 41.5. The molecular formula is C34H37N3O5. The molecule has 218 valence electrons. The second kappa shape index (κ2) is 12.1. The molecule has 0 aromatic heterocycles. The van der Waals surface area contributed by atoms with Crippen LogP contribution in [0.25, 0.3) is 0 Å². The maximum atomic E-state index is 13.9. The Hall–Kier alpha value is -4.59. The van der Waals surface area contributed by atoms with Crippen molar-refractivity contribution in [2.75, 3.05) is 37.5 Å². The third-order valence-electron chi connectivity index (χ3n) is 7.86. The molecule has 8 nitrogen and oxygen atoms in total. The van der Waals surface area contributed by atoms with Crippen LogP contribution in [0.15, 0.2) is 84.1 Å². The lowest BCUT2D eigenvalue weighted by molar-refractivity contribution is -0.120. The third-order valence-corrected chi connectivity index (χ3v) is 7.86. The number of rotatable bonds is 8. The van der Waals surface area contributed by atoms with Crippen LogP contribution in [0, 0.1) is 5.41 Å². The molecule has 1 aliphatic carbocycles. The number of Topliss-reactive ketones (excluding diaryl/α,β-unsaturated/α-hetero) is 1. The van der Waals surface area contributed by atoms with E-state index in [2.05, 4.69) is 24.5 Å². The van der Waals surface area contributed by atoms with Crippen LogP contribution < -0.4 is 20.3 Å². The number of anilines is 2. The van der Waals surface area contributed by atoms with Crippen molar-refractivity contribution in [3.63, 3.8) is 0 Å². The number of allylic oxidation sites excluding steroid dienone is 1. The van der Waals surface area contributed by atoms with Crippen LogP contribution in [-0.4, -0.2) is 45.0 Å². The number of ether oxygens (including phenoxy) is 2. The lowest BCUT2D eigenvalue weighted by Crippen LogP contribution is -2.42. The molecule has 1 heterocycles. The average molecular weight is 568 g/mol. The molecule has 2 N–H and O–H groups in total. The van der Waals surface area contributed by atoms with E-state index in [9.17, 15) is 14.4 Å². The fourth-order valence-electron chi connectivity index (χ4n) is 5.84. The molecule has 1 amide bonds. The maximum absolute atomic E-state index is 13.9. The lowest BCUT2D eigenvalue weighted by atomic mass is 9.73. The van der Waals surface area contributed by atoms with Crippen LogP contribution in [0.1, 0.15) is 54.2 Å². The number of fused-ring (bicyclic) bond motifs is 1. The molecule has 0 saturated carbocycles. The number of ketones is 1. The minimum atomic E-state index is -0.529. The normalized spacial score (nSPS) is 17.4. The van der Waals surface area contributed by atoms with E-state index in [0.717, 1.165) is 33.9 Å². The number of benzene rings is 3. The topological polar surface area (TPSA) is 97.0 Å². The van der Waals surface area contributed by atoms with E-state index in [1.807, 2.05) is 65.6 Å². The summed E-state index contributed by atoms with van der Waals surface area (Å²) in [5, 5.41) is 6.63. The summed E-state index contributed by atoms with van der Waals surface area (Å²) in [6.07, 6.45) is 1.78. The van der Waals surface area contributed by atoms with E-state index in [-0.39, 0.29) is 23.7 Å². The van der Waals surface area contributed by atoms with Crippen LogP contribution >= 0.6 is 0 Å². The zero-order chi connectivity index (χ0) is 29.9. The second-order valence-electron chi connectivity index (χ2n) is 11.6. The van der Waals surface area contributed by atoms with Crippen molar-refractivity contribution in [2.45, 2.75) is 39.2 Å². The number of nitrogens with one attached hydrogen (secondary N) is 2. The molecule has 1 unspecified atom stereocenters. The minimum Gasteiger partial charge on any atom is -0.497 e. The van der Waals surface area contributed by atoms with Crippen molar-refractivity contribution in [2.24, 2.45) is 5.41 Å². The van der Waals surface area contributed by atoms with Gasteiger partial charge in [-0.05, 0) is 65.8 Å². The van der Waals surface area contributed by atoms with Gasteiger partial charge in [0.2, 0.25) is 5.91 Å². The number of hydrogen-bond acceptors (Lipinski definition) is 7. The summed E-state index contributed by atoms with van der Waals surface area (Å²) in [5.41, 5.74) is 5.31. The van der Waals surface area contributed by atoms with Gasteiger partial charge in [0.05, 0.1) is 43.7 Å². The van der Waals surface area contributed by atoms with Gasteiger partial charge in [0.15, 0.2) is 5.78 Å². The fourth-order valence-corrected chi connectivity index (χ4v) is 5.84. The van der Waals surface area contributed by atoms with Crippen molar-refractivity contribution in [1.82, 2.24) is 5.32 Å². The fraction of sp³-hybridized carbons (Fsp3) is 0.324. The first-order chi connectivity index (χ1) is 20.2. The van der Waals surface area contributed by atoms with Crippen LogP contribution in [0.2, 0.25) is 0 Å². The number of nitrogens with zero attached hydrogens (tertiary/aromatic N) is 1. The number of methoxy groups -OCH3 is 2. The number of amides is 1. The molecule has 2 aliphatic rings. The summed E-state index contributed by atoms with van der Waals surface area (Å²) < 4.78 is 10.1. The van der Waals surface area contributed by atoms with Crippen molar-refractivity contribution >= 4 is 29.0 Å². The lowest BCUT2D eigenvalue weighted by Gasteiger charge is -2.38. The summed E-state index contributed by atoms with van der Waals surface area (Å²) >= 11 is 0. The summed E-state index contributed by atoms with van der Waals surface area (Å²) in [6, 6.07) is 22.2. The number of esters is 1. The molecule has 8 heteroatoms. The minimum absolute atomic E-state index is 0.0399. The van der Waals surface area contributed by atoms with E-state index in [1.54, 1.807) is 19.2 Å². The highest BCUT2D eigenvalue weighted by atomic mass is 16.5. The van der Waals surface area contributed by atoms with Gasteiger partial charge in [0.25, 0.3) is 0 Å². The zero-order valence-electron chi connectivity index (χ0n) is 24.5. The zero-order valence-corrected chi connectivity index (χ0v) is 24.5. The highest BCUT2D eigenvalue weighted by Gasteiger charge is 2.41. The molecule has 1 atom stereocenters. The maximum Gasteiger partial charge on any atom is 0.337 e. The molecular weight excluding hydrogens is 530 g/mol. The average Bonchev–Trinajstić information content (AvgIpc) is 3.11. The molecule has 0 radical (unpaired) electrons. The molecule has 0 spiro atoms. The Morgan fingerprint density at radius 3 is 2.38 bits per heavy atom. The molecule has 0 saturated heterocycles. The molecule has 42 heavy (non-hydrogen) atoms. The smallest absolute Gasteiger partial charge is 0.337 e. The Morgan fingerprint density at radius 2 is 1.69 bits per heavy atom. The SMILES string of the molecule is COC(=O)c1ccc(C2C3=C(CC(C)(C)CC3=O)Nc3ccccc3N2CC(=O)NCCc2ccc(OC)cc2)cc1. The van der Waals surface area contributed by atoms with Gasteiger partial charge >= 0.3 is 5.97 Å². The van der Waals surface area contributed by atoms with Crippen LogP contribution in [-0.2, 0) is 20.7 Å². The third kappa shape index (κ3) is 6.17. The molecule has 3 aromatic carbocycles. The predicted octanol–water partition coefficient (Wildman–Crippen LogP) is 5.46. The summed E-state index contributed by atoms with van der Waals surface area (Å²) in [6.45, 7) is 4.71. The van der Waals surface area contributed by atoms with Gasteiger partial charge in [-0.15, -0.1) is 0 Å². The van der Waals surface area contributed by atoms with E-state index in [1.165, 1.54) is 7.11 Å². The largest absolute Gasteiger partial charge is 0.497 e. The first-order valence-corrected chi connectivity index (χ1v) is 14.2. The predicted molar refractivity (Wildman–Crippen MR) is 163 cm³/mol. The molecule has 5 rings (SSSR count). The first kappa shape index (κ1) is 28.9. The Morgan fingerprint density at radius 1 is 0.976 bits per heavy atom. The van der Waals surface area contributed by atoms with Crippen molar-refractivity contribution in [3.8, 4) is 5.75 Å². The number of carbonyl (C=O) groups is 3. The van der Waals surface area contributed by atoms with E-state index >= 15 is 0 Å². The van der Waals surface area contributed by atoms with Crippen molar-refractivity contribution < 1.29 is 23.9 Å². The monoisotopic (exact) mass is 567 g/mol. The Bertz CT molecular complexity index is 1510. The molecule has 1 aliphatic heterocycles. The number of hydrogen-bond donors (Lipinski definition) is 2. The highest BCUT2D eigenvalue weighted by molar-refractivity contribution is 6.02. The Labute approximate surface area is 246 Å². The second-order valence-corrected chi connectivity index (χ2v) is 11.6. The van der Waals surface area contributed by atoms with E-state index < -0.39 is 12.0 Å². The molecule has 3 aromatic rings. The molecule has 0 bridgehead atoms. The Balaban J connectivity index is 1.49. The first-order valence-electron chi connectivity index (χ1n) is 14.2. The van der Waals surface area contributed by atoms with Gasteiger partial charge in [0.1, 0.15) is 5.75 Å². The van der Waals surface area contributed by atoms with Crippen LogP contribution in [0.3, 0.4) is 0 Å². The van der Waals surface area contributed by atoms with E-state index in [4.69, 9.17) is 9.47 Å². The van der Waals surface area contributed by atoms with Gasteiger partial charge in [0, 0.05) is 24.2 Å². The van der Waals surface area contributed by atoms with E-state index in [0.29, 0.717) is 36.9 Å². The van der Waals surface area contributed by atoms with Crippen LogP contribution in [0.5, 0.6) is 5.75 Å². The van der Waals surface area contributed by atoms with Crippen LogP contribution in [0.4, 0.5) is 11.4 Å². The summed E-state index contributed by atoms with van der Waals surface area (Å²) in [7, 11) is 2.98.